The van der Waals surface area contributed by atoms with Gasteiger partial charge in [0.05, 0.1) is 0 Å². The van der Waals surface area contributed by atoms with Crippen molar-refractivity contribution in [1.29, 1.82) is 0 Å². The zero-order valence-corrected chi connectivity index (χ0v) is 10.7. The van der Waals surface area contributed by atoms with Crippen LogP contribution in [0.1, 0.15) is 0 Å². The van der Waals surface area contributed by atoms with Gasteiger partial charge in [-0.15, -0.1) is 0 Å². The van der Waals surface area contributed by atoms with Crippen molar-refractivity contribution in [2.24, 2.45) is 0 Å². The van der Waals surface area contributed by atoms with Gasteiger partial charge < -0.3 is 0 Å². The minimum absolute atomic E-state index is 0.562. The first-order chi connectivity index (χ1) is 6.24. The molecule has 72 valence electrons. The molecule has 0 aliphatic carbocycles. The van der Waals surface area contributed by atoms with Gasteiger partial charge in [0.2, 0.25) is 0 Å². The normalized spacial score (nSPS) is 10.2. The average Bonchev–Trinajstić information content (AvgIpc) is 2.06. The van der Waals surface area contributed by atoms with Gasteiger partial charge in [0.25, 0.3) is 0 Å². The monoisotopic (exact) mass is 288 g/mol. The van der Waals surface area contributed by atoms with E-state index in [1.165, 1.54) is 0 Å². The molecule has 0 N–H and O–H groups in total. The molecule has 0 fully saturated rings. The van der Waals surface area contributed by atoms with Crippen LogP contribution in [0.15, 0.2) is 38.0 Å². The van der Waals surface area contributed by atoms with Crippen molar-refractivity contribution in [3.8, 4) is 0 Å². The molecule has 0 aliphatic rings. The Bertz CT molecular complexity index is 154. The summed E-state index contributed by atoms with van der Waals surface area (Å²) in [7, 11) is 0. The molecule has 0 spiro atoms. The summed E-state index contributed by atoms with van der Waals surface area (Å²) in [6, 6.07) is 0. The standard InChI is InChI=1S/3C3H5.CH2O2.Sn/c3*1-3-2;2-1-3;/h3*3H,1-2H2;1H,(H,2,3);/q;;;;+1/p-1. The second kappa shape index (κ2) is 6.95. The van der Waals surface area contributed by atoms with E-state index in [0.29, 0.717) is 6.47 Å². The summed E-state index contributed by atoms with van der Waals surface area (Å²) in [5, 5.41) is 0. The molecule has 0 unspecified atom stereocenters. The molecule has 0 atom stereocenters. The maximum atomic E-state index is 10.4. The van der Waals surface area contributed by atoms with E-state index >= 15 is 0 Å². The molecule has 2 nitrogen and oxygen atoms in total. The van der Waals surface area contributed by atoms with Crippen molar-refractivity contribution in [1.82, 2.24) is 0 Å². The number of rotatable bonds is 8. The van der Waals surface area contributed by atoms with Crippen LogP contribution >= 0.6 is 0 Å². The summed E-state index contributed by atoms with van der Waals surface area (Å²) in [6.45, 7) is 11.6. The van der Waals surface area contributed by atoms with E-state index in [9.17, 15) is 4.79 Å². The molecular formula is C10H16O2Sn. The van der Waals surface area contributed by atoms with Gasteiger partial charge >= 0.3 is 84.4 Å². The summed E-state index contributed by atoms with van der Waals surface area (Å²) < 4.78 is 7.74. The van der Waals surface area contributed by atoms with Crippen molar-refractivity contribution in [2.75, 3.05) is 0 Å². The second-order valence-corrected chi connectivity index (χ2v) is 13.8. The predicted octanol–water partition coefficient (Wildman–Crippen LogP) is 2.66. The number of carbonyl (C=O) groups is 1. The fraction of sp³-hybridized carbons (Fsp3) is 0.300. The van der Waals surface area contributed by atoms with E-state index in [4.69, 9.17) is 3.07 Å². The Morgan fingerprint density at radius 3 is 1.62 bits per heavy atom. The van der Waals surface area contributed by atoms with Crippen LogP contribution in [0, 0.1) is 0 Å². The van der Waals surface area contributed by atoms with Crippen LogP contribution in [0.5, 0.6) is 0 Å². The van der Waals surface area contributed by atoms with E-state index < -0.39 is 18.8 Å². The zero-order chi connectivity index (χ0) is 10.2. The van der Waals surface area contributed by atoms with Gasteiger partial charge in [-0.3, -0.25) is 0 Å². The number of allylic oxidation sites excluding steroid dienone is 3. The minimum atomic E-state index is -2.78. The Morgan fingerprint density at radius 2 is 1.38 bits per heavy atom. The molecule has 0 aromatic heterocycles. The predicted molar refractivity (Wildman–Crippen MR) is 57.9 cm³/mol. The van der Waals surface area contributed by atoms with Crippen molar-refractivity contribution in [3.63, 3.8) is 0 Å². The average molecular weight is 287 g/mol. The van der Waals surface area contributed by atoms with Crippen LogP contribution in [-0.4, -0.2) is 25.3 Å². The molecule has 0 amide bonds. The van der Waals surface area contributed by atoms with E-state index in [2.05, 4.69) is 19.7 Å². The first-order valence-electron chi connectivity index (χ1n) is 4.19. The molecule has 0 rings (SSSR count). The molecule has 13 heavy (non-hydrogen) atoms. The molecule has 0 aliphatic heterocycles. The molecule has 0 aromatic carbocycles. The Balaban J connectivity index is 4.53. The van der Waals surface area contributed by atoms with Gasteiger partial charge in [-0.1, -0.05) is 0 Å². The van der Waals surface area contributed by atoms with Crippen molar-refractivity contribution in [2.45, 2.75) is 13.3 Å². The Labute approximate surface area is 84.4 Å². The van der Waals surface area contributed by atoms with Crippen LogP contribution in [0.25, 0.3) is 0 Å². The molecular weight excluding hydrogens is 271 g/mol. The number of hydrogen-bond donors (Lipinski definition) is 0. The Kier molecular flexibility index (Phi) is 6.67. The molecule has 0 saturated heterocycles. The van der Waals surface area contributed by atoms with Crippen molar-refractivity contribution >= 4 is 25.3 Å². The Hall–Kier alpha value is -0.511. The summed E-state index contributed by atoms with van der Waals surface area (Å²) in [4.78, 5) is 10.4. The van der Waals surface area contributed by atoms with E-state index in [-0.39, 0.29) is 0 Å². The van der Waals surface area contributed by atoms with E-state index in [1.807, 2.05) is 18.2 Å². The second-order valence-electron chi connectivity index (χ2n) is 2.88. The molecule has 0 radical (unpaired) electrons. The van der Waals surface area contributed by atoms with Crippen LogP contribution in [-0.2, 0) is 7.87 Å². The number of hydrogen-bond acceptors (Lipinski definition) is 2. The summed E-state index contributed by atoms with van der Waals surface area (Å²) in [5.41, 5.74) is 0. The molecule has 3 heteroatoms. The molecule has 0 heterocycles. The molecule has 0 aromatic rings. The van der Waals surface area contributed by atoms with Gasteiger partial charge in [-0.05, 0) is 0 Å². The topological polar surface area (TPSA) is 26.3 Å². The fourth-order valence-electron chi connectivity index (χ4n) is 1.29. The van der Waals surface area contributed by atoms with Gasteiger partial charge in [0, 0.05) is 0 Å². The van der Waals surface area contributed by atoms with Gasteiger partial charge in [-0.2, -0.15) is 0 Å². The quantitative estimate of drug-likeness (QED) is 0.390. The van der Waals surface area contributed by atoms with Crippen LogP contribution < -0.4 is 0 Å². The van der Waals surface area contributed by atoms with Crippen LogP contribution in [0.3, 0.4) is 0 Å². The first kappa shape index (κ1) is 12.5. The maximum absolute atomic E-state index is 10.4. The fourth-order valence-corrected chi connectivity index (χ4v) is 8.62. The van der Waals surface area contributed by atoms with Crippen LogP contribution in [0.2, 0.25) is 13.3 Å². The van der Waals surface area contributed by atoms with Gasteiger partial charge in [0.15, 0.2) is 0 Å². The van der Waals surface area contributed by atoms with E-state index in [1.54, 1.807) is 0 Å². The van der Waals surface area contributed by atoms with Crippen molar-refractivity contribution in [3.05, 3.63) is 38.0 Å². The number of carbonyl (C=O) groups excluding carboxylic acids is 1. The third-order valence-electron chi connectivity index (χ3n) is 1.85. The van der Waals surface area contributed by atoms with Gasteiger partial charge in [-0.25, -0.2) is 0 Å². The Morgan fingerprint density at radius 1 is 1.00 bits per heavy atom. The molecule has 0 bridgehead atoms. The van der Waals surface area contributed by atoms with Crippen LogP contribution in [0.4, 0.5) is 0 Å². The summed E-state index contributed by atoms with van der Waals surface area (Å²) >= 11 is -2.78. The summed E-state index contributed by atoms with van der Waals surface area (Å²) in [6.07, 6.45) is 5.48. The third-order valence-corrected chi connectivity index (χ3v) is 12.4. The van der Waals surface area contributed by atoms with Crippen molar-refractivity contribution < 1.29 is 7.87 Å². The first-order valence-corrected chi connectivity index (χ1v) is 11.4. The summed E-state index contributed by atoms with van der Waals surface area (Å²) in [5.74, 6) is 0. The third kappa shape index (κ3) is 4.31. The van der Waals surface area contributed by atoms with Gasteiger partial charge in [0.1, 0.15) is 0 Å². The molecule has 0 saturated carbocycles. The van der Waals surface area contributed by atoms with E-state index in [0.717, 1.165) is 13.3 Å². The SMILES string of the molecule is C=C[CH2][Sn]([CH2]C=C)([CH2]C=C)[O]C=O. The zero-order valence-electron chi connectivity index (χ0n) is 7.87.